The van der Waals surface area contributed by atoms with Crippen LogP contribution in [-0.4, -0.2) is 16.1 Å². The Bertz CT molecular complexity index is 789. The van der Waals surface area contributed by atoms with Crippen LogP contribution in [0.3, 0.4) is 0 Å². The molecule has 2 aromatic carbocycles. The zero-order chi connectivity index (χ0) is 14.1. The van der Waals surface area contributed by atoms with E-state index in [1.54, 1.807) is 12.1 Å². The Morgan fingerprint density at radius 1 is 1.20 bits per heavy atom. The molecule has 100 valence electrons. The summed E-state index contributed by atoms with van der Waals surface area (Å²) in [5.74, 6) is -0.537. The van der Waals surface area contributed by atoms with E-state index >= 15 is 0 Å². The standard InChI is InChI=1S/C16H13NO3/c1-2-10-6-3-4-7-11(10)15-17-14-12(16(18)19)8-5-9-13(14)20-15/h3-9H,2H2,1H3,(H,18,19). The number of hydrogen-bond acceptors (Lipinski definition) is 3. The van der Waals surface area contributed by atoms with Crippen LogP contribution in [0.25, 0.3) is 22.6 Å². The van der Waals surface area contributed by atoms with E-state index in [0.29, 0.717) is 17.0 Å². The topological polar surface area (TPSA) is 63.3 Å². The largest absolute Gasteiger partial charge is 0.478 e. The van der Waals surface area contributed by atoms with Gasteiger partial charge in [-0.2, -0.15) is 0 Å². The fourth-order valence-corrected chi connectivity index (χ4v) is 2.27. The lowest BCUT2D eigenvalue weighted by molar-refractivity contribution is 0.0699. The maximum Gasteiger partial charge on any atom is 0.338 e. The Hall–Kier alpha value is -2.62. The number of carboxylic acids is 1. The number of aryl methyl sites for hydroxylation is 1. The van der Waals surface area contributed by atoms with Crippen molar-refractivity contribution in [3.05, 3.63) is 53.6 Å². The number of aromatic carboxylic acids is 1. The average Bonchev–Trinajstić information content (AvgIpc) is 2.90. The van der Waals surface area contributed by atoms with E-state index in [2.05, 4.69) is 11.9 Å². The van der Waals surface area contributed by atoms with Crippen LogP contribution in [-0.2, 0) is 6.42 Å². The normalized spacial score (nSPS) is 10.8. The van der Waals surface area contributed by atoms with Gasteiger partial charge in [-0.25, -0.2) is 9.78 Å². The lowest BCUT2D eigenvalue weighted by Crippen LogP contribution is -1.96. The van der Waals surface area contributed by atoms with Crippen LogP contribution < -0.4 is 0 Å². The minimum atomic E-state index is -1.00. The third-order valence-electron chi connectivity index (χ3n) is 3.28. The summed E-state index contributed by atoms with van der Waals surface area (Å²) in [7, 11) is 0. The first-order chi connectivity index (χ1) is 9.70. The van der Waals surface area contributed by atoms with Crippen molar-refractivity contribution in [2.75, 3.05) is 0 Å². The Morgan fingerprint density at radius 3 is 2.75 bits per heavy atom. The van der Waals surface area contributed by atoms with Crippen molar-refractivity contribution in [1.82, 2.24) is 4.98 Å². The maximum atomic E-state index is 11.2. The molecule has 20 heavy (non-hydrogen) atoms. The lowest BCUT2D eigenvalue weighted by Gasteiger charge is -2.02. The molecule has 4 heteroatoms. The van der Waals surface area contributed by atoms with Gasteiger partial charge in [-0.05, 0) is 30.2 Å². The van der Waals surface area contributed by atoms with Crippen molar-refractivity contribution in [3.63, 3.8) is 0 Å². The number of oxazole rings is 1. The van der Waals surface area contributed by atoms with E-state index in [4.69, 9.17) is 4.42 Å². The highest BCUT2D eigenvalue weighted by atomic mass is 16.4. The molecule has 0 saturated heterocycles. The van der Waals surface area contributed by atoms with E-state index in [9.17, 15) is 9.90 Å². The molecule has 0 atom stereocenters. The Morgan fingerprint density at radius 2 is 2.00 bits per heavy atom. The number of para-hydroxylation sites is 1. The quantitative estimate of drug-likeness (QED) is 0.784. The van der Waals surface area contributed by atoms with Crippen molar-refractivity contribution in [3.8, 4) is 11.5 Å². The van der Waals surface area contributed by atoms with E-state index in [0.717, 1.165) is 17.5 Å². The third kappa shape index (κ3) is 1.95. The van der Waals surface area contributed by atoms with E-state index in [-0.39, 0.29) is 5.56 Å². The summed E-state index contributed by atoms with van der Waals surface area (Å²) in [6.45, 7) is 2.06. The van der Waals surface area contributed by atoms with Crippen LogP contribution in [0.15, 0.2) is 46.9 Å². The molecule has 3 rings (SSSR count). The van der Waals surface area contributed by atoms with Gasteiger partial charge >= 0.3 is 5.97 Å². The van der Waals surface area contributed by atoms with Gasteiger partial charge in [0, 0.05) is 5.56 Å². The molecule has 0 fully saturated rings. The predicted molar refractivity (Wildman–Crippen MR) is 75.8 cm³/mol. The molecule has 1 aromatic heterocycles. The number of fused-ring (bicyclic) bond motifs is 1. The predicted octanol–water partition coefficient (Wildman–Crippen LogP) is 3.76. The van der Waals surface area contributed by atoms with Gasteiger partial charge in [-0.15, -0.1) is 0 Å². The van der Waals surface area contributed by atoms with Gasteiger partial charge in [0.25, 0.3) is 0 Å². The molecule has 0 aliphatic carbocycles. The second-order valence-electron chi connectivity index (χ2n) is 4.49. The second kappa shape index (κ2) is 4.81. The lowest BCUT2D eigenvalue weighted by atomic mass is 10.1. The van der Waals surface area contributed by atoms with E-state index in [1.807, 2.05) is 24.3 Å². The van der Waals surface area contributed by atoms with Crippen LogP contribution in [0, 0.1) is 0 Å². The SMILES string of the molecule is CCc1ccccc1-c1nc2c(C(=O)O)cccc2o1. The molecule has 0 saturated carbocycles. The molecule has 3 aromatic rings. The van der Waals surface area contributed by atoms with Crippen LogP contribution in [0.1, 0.15) is 22.8 Å². The molecule has 0 radical (unpaired) electrons. The van der Waals surface area contributed by atoms with Crippen molar-refractivity contribution in [2.24, 2.45) is 0 Å². The summed E-state index contributed by atoms with van der Waals surface area (Å²) < 4.78 is 5.71. The van der Waals surface area contributed by atoms with Gasteiger partial charge in [-0.1, -0.05) is 31.2 Å². The molecular formula is C16H13NO3. The average molecular weight is 267 g/mol. The molecule has 0 bridgehead atoms. The zero-order valence-electron chi connectivity index (χ0n) is 11.0. The number of nitrogens with zero attached hydrogens (tertiary/aromatic N) is 1. The summed E-state index contributed by atoms with van der Waals surface area (Å²) in [4.78, 5) is 15.6. The Balaban J connectivity index is 2.23. The van der Waals surface area contributed by atoms with Crippen LogP contribution in [0.2, 0.25) is 0 Å². The number of benzene rings is 2. The summed E-state index contributed by atoms with van der Waals surface area (Å²) in [6, 6.07) is 12.8. The molecule has 0 aliphatic heterocycles. The summed E-state index contributed by atoms with van der Waals surface area (Å²) in [5.41, 5.74) is 3.07. The van der Waals surface area contributed by atoms with Gasteiger partial charge < -0.3 is 9.52 Å². The molecular weight excluding hydrogens is 254 g/mol. The number of aromatic nitrogens is 1. The molecule has 0 amide bonds. The summed E-state index contributed by atoms with van der Waals surface area (Å²) in [6.07, 6.45) is 0.862. The second-order valence-corrected chi connectivity index (χ2v) is 4.49. The van der Waals surface area contributed by atoms with Crippen molar-refractivity contribution >= 4 is 17.1 Å². The van der Waals surface area contributed by atoms with Crippen LogP contribution >= 0.6 is 0 Å². The maximum absolute atomic E-state index is 11.2. The minimum absolute atomic E-state index is 0.159. The molecule has 1 N–H and O–H groups in total. The van der Waals surface area contributed by atoms with Crippen molar-refractivity contribution < 1.29 is 14.3 Å². The first-order valence-corrected chi connectivity index (χ1v) is 6.42. The van der Waals surface area contributed by atoms with Gasteiger partial charge in [-0.3, -0.25) is 0 Å². The van der Waals surface area contributed by atoms with Gasteiger partial charge in [0.2, 0.25) is 5.89 Å². The fraction of sp³-hybridized carbons (Fsp3) is 0.125. The van der Waals surface area contributed by atoms with Gasteiger partial charge in [0.15, 0.2) is 5.58 Å². The Kier molecular flexibility index (Phi) is 2.99. The van der Waals surface area contributed by atoms with Crippen LogP contribution in [0.5, 0.6) is 0 Å². The highest BCUT2D eigenvalue weighted by Crippen LogP contribution is 2.28. The smallest absolute Gasteiger partial charge is 0.338 e. The van der Waals surface area contributed by atoms with E-state index < -0.39 is 5.97 Å². The van der Waals surface area contributed by atoms with E-state index in [1.165, 1.54) is 6.07 Å². The highest BCUT2D eigenvalue weighted by molar-refractivity contribution is 6.00. The monoisotopic (exact) mass is 267 g/mol. The minimum Gasteiger partial charge on any atom is -0.478 e. The Labute approximate surface area is 115 Å². The van der Waals surface area contributed by atoms with Crippen molar-refractivity contribution in [1.29, 1.82) is 0 Å². The van der Waals surface area contributed by atoms with Gasteiger partial charge in [0.1, 0.15) is 5.52 Å². The number of carbonyl (C=O) groups is 1. The molecule has 4 nitrogen and oxygen atoms in total. The molecule has 1 heterocycles. The molecule has 0 spiro atoms. The number of hydrogen-bond donors (Lipinski definition) is 1. The van der Waals surface area contributed by atoms with Gasteiger partial charge in [0.05, 0.1) is 5.56 Å². The van der Waals surface area contributed by atoms with Crippen LogP contribution in [0.4, 0.5) is 0 Å². The first-order valence-electron chi connectivity index (χ1n) is 6.42. The molecule has 0 unspecified atom stereocenters. The number of carboxylic acid groups (broad SMARTS) is 1. The zero-order valence-corrected chi connectivity index (χ0v) is 11.0. The summed E-state index contributed by atoms with van der Waals surface area (Å²) >= 11 is 0. The third-order valence-corrected chi connectivity index (χ3v) is 3.28. The fourth-order valence-electron chi connectivity index (χ4n) is 2.27. The molecule has 0 aliphatic rings. The summed E-state index contributed by atoms with van der Waals surface area (Å²) in [5, 5.41) is 9.18. The first kappa shape index (κ1) is 12.4. The highest BCUT2D eigenvalue weighted by Gasteiger charge is 2.16. The number of rotatable bonds is 3. The van der Waals surface area contributed by atoms with Crippen molar-refractivity contribution in [2.45, 2.75) is 13.3 Å².